The van der Waals surface area contributed by atoms with Crippen molar-refractivity contribution in [1.82, 2.24) is 9.21 Å². The molecule has 0 amide bonds. The Hall–Kier alpha value is 0.160. The smallest absolute Gasteiger partial charge is 0.214 e. The highest BCUT2D eigenvalue weighted by atomic mass is 35.5. The molecule has 0 unspecified atom stereocenters. The highest BCUT2D eigenvalue weighted by Crippen LogP contribution is 2.17. The lowest BCUT2D eigenvalue weighted by Crippen LogP contribution is -2.45. The van der Waals surface area contributed by atoms with Crippen molar-refractivity contribution in [3.8, 4) is 0 Å². The van der Waals surface area contributed by atoms with Crippen molar-refractivity contribution in [3.63, 3.8) is 0 Å². The molecule has 1 heterocycles. The minimum Gasteiger partial charge on any atom is -0.306 e. The van der Waals surface area contributed by atoms with Gasteiger partial charge in [0, 0.05) is 25.0 Å². The summed E-state index contributed by atoms with van der Waals surface area (Å²) in [6.07, 6.45) is 2.39. The van der Waals surface area contributed by atoms with Crippen molar-refractivity contribution < 1.29 is 8.42 Å². The van der Waals surface area contributed by atoms with Crippen molar-refractivity contribution in [2.75, 3.05) is 38.8 Å². The number of hydrogen-bond acceptors (Lipinski definition) is 3. The maximum atomic E-state index is 11.9. The fourth-order valence-corrected chi connectivity index (χ4v) is 3.83. The maximum absolute atomic E-state index is 11.9. The van der Waals surface area contributed by atoms with Gasteiger partial charge in [0.2, 0.25) is 10.0 Å². The minimum atomic E-state index is -3.06. The number of sulfonamides is 1. The standard InChI is InChI=1S/C10H21ClN2O2S/c1-12(2)10-4-7-13(8-5-10)16(14,15)9-3-6-11/h10H,3-9H2,1-2H3. The quantitative estimate of drug-likeness (QED) is 0.698. The van der Waals surface area contributed by atoms with Crippen LogP contribution in [0.25, 0.3) is 0 Å². The van der Waals surface area contributed by atoms with Crippen LogP contribution in [0.4, 0.5) is 0 Å². The van der Waals surface area contributed by atoms with Gasteiger partial charge in [-0.15, -0.1) is 11.6 Å². The summed E-state index contributed by atoms with van der Waals surface area (Å²) in [4.78, 5) is 2.17. The molecule has 1 rings (SSSR count). The van der Waals surface area contributed by atoms with E-state index in [0.29, 0.717) is 31.4 Å². The number of piperidine rings is 1. The van der Waals surface area contributed by atoms with Crippen molar-refractivity contribution in [2.45, 2.75) is 25.3 Å². The molecule has 1 saturated heterocycles. The Morgan fingerprint density at radius 2 is 1.88 bits per heavy atom. The molecule has 0 saturated carbocycles. The van der Waals surface area contributed by atoms with Crippen molar-refractivity contribution >= 4 is 21.6 Å². The average molecular weight is 269 g/mol. The van der Waals surface area contributed by atoms with E-state index in [1.807, 2.05) is 14.1 Å². The number of halogens is 1. The Balaban J connectivity index is 2.47. The first-order chi connectivity index (χ1) is 7.47. The fourth-order valence-electron chi connectivity index (χ4n) is 2.00. The molecule has 1 aliphatic rings. The summed E-state index contributed by atoms with van der Waals surface area (Å²) in [6.45, 7) is 1.29. The molecule has 0 aromatic heterocycles. The van der Waals surface area contributed by atoms with E-state index in [1.165, 1.54) is 0 Å². The zero-order valence-corrected chi connectivity index (χ0v) is 11.6. The third-order valence-electron chi connectivity index (χ3n) is 3.08. The van der Waals surface area contributed by atoms with Gasteiger partial charge in [-0.25, -0.2) is 12.7 Å². The molecule has 0 aromatic carbocycles. The van der Waals surface area contributed by atoms with Gasteiger partial charge in [0.05, 0.1) is 5.75 Å². The molecule has 96 valence electrons. The van der Waals surface area contributed by atoms with Crippen molar-refractivity contribution in [3.05, 3.63) is 0 Å². The van der Waals surface area contributed by atoms with Crippen LogP contribution in [0.15, 0.2) is 0 Å². The molecule has 1 fully saturated rings. The zero-order valence-electron chi connectivity index (χ0n) is 10.0. The van der Waals surface area contributed by atoms with E-state index in [0.717, 1.165) is 12.8 Å². The molecule has 16 heavy (non-hydrogen) atoms. The zero-order chi connectivity index (χ0) is 12.2. The molecule has 0 radical (unpaired) electrons. The molecule has 0 aliphatic carbocycles. The molecule has 4 nitrogen and oxygen atoms in total. The van der Waals surface area contributed by atoms with Crippen LogP contribution in [0.3, 0.4) is 0 Å². The first kappa shape index (κ1) is 14.2. The van der Waals surface area contributed by atoms with Gasteiger partial charge in [-0.05, 0) is 33.4 Å². The van der Waals surface area contributed by atoms with E-state index < -0.39 is 10.0 Å². The van der Waals surface area contributed by atoms with E-state index in [-0.39, 0.29) is 5.75 Å². The molecule has 0 atom stereocenters. The van der Waals surface area contributed by atoms with Gasteiger partial charge >= 0.3 is 0 Å². The van der Waals surface area contributed by atoms with E-state index in [4.69, 9.17) is 11.6 Å². The molecular weight excluding hydrogens is 248 g/mol. The van der Waals surface area contributed by atoms with Crippen molar-refractivity contribution in [1.29, 1.82) is 0 Å². The molecular formula is C10H21ClN2O2S. The maximum Gasteiger partial charge on any atom is 0.214 e. The number of nitrogens with zero attached hydrogens (tertiary/aromatic N) is 2. The van der Waals surface area contributed by atoms with E-state index in [9.17, 15) is 8.42 Å². The monoisotopic (exact) mass is 268 g/mol. The predicted molar refractivity (Wildman–Crippen MR) is 67.4 cm³/mol. The van der Waals surface area contributed by atoms with Crippen LogP contribution in [-0.2, 0) is 10.0 Å². The Morgan fingerprint density at radius 3 is 2.31 bits per heavy atom. The lowest BCUT2D eigenvalue weighted by atomic mass is 10.1. The van der Waals surface area contributed by atoms with Crippen LogP contribution in [0.2, 0.25) is 0 Å². The summed E-state index contributed by atoms with van der Waals surface area (Å²) < 4.78 is 25.4. The molecule has 6 heteroatoms. The average Bonchev–Trinajstić information content (AvgIpc) is 2.26. The Labute approximate surface area is 104 Å². The van der Waals surface area contributed by atoms with Crippen LogP contribution in [0, 0.1) is 0 Å². The molecule has 0 aromatic rings. The van der Waals surface area contributed by atoms with E-state index in [2.05, 4.69) is 4.90 Å². The summed E-state index contributed by atoms with van der Waals surface area (Å²) in [5.74, 6) is 0.594. The summed E-state index contributed by atoms with van der Waals surface area (Å²) in [7, 11) is 1.02. The van der Waals surface area contributed by atoms with Crippen LogP contribution < -0.4 is 0 Å². The van der Waals surface area contributed by atoms with Crippen LogP contribution in [0.5, 0.6) is 0 Å². The van der Waals surface area contributed by atoms with Crippen LogP contribution in [0.1, 0.15) is 19.3 Å². The van der Waals surface area contributed by atoms with E-state index in [1.54, 1.807) is 4.31 Å². The third kappa shape index (κ3) is 3.87. The van der Waals surface area contributed by atoms with E-state index >= 15 is 0 Å². The first-order valence-electron chi connectivity index (χ1n) is 5.67. The van der Waals surface area contributed by atoms with Gasteiger partial charge in [-0.2, -0.15) is 0 Å². The summed E-state index contributed by atoms with van der Waals surface area (Å²) >= 11 is 5.52. The lowest BCUT2D eigenvalue weighted by molar-refractivity contribution is 0.196. The molecule has 0 N–H and O–H groups in total. The van der Waals surface area contributed by atoms with Gasteiger partial charge in [0.1, 0.15) is 0 Å². The Kier molecular flexibility index (Phi) is 5.50. The van der Waals surface area contributed by atoms with Gasteiger partial charge in [-0.1, -0.05) is 0 Å². The molecule has 0 spiro atoms. The minimum absolute atomic E-state index is 0.184. The second-order valence-corrected chi connectivity index (χ2v) is 6.92. The normalized spacial score (nSPS) is 20.5. The fraction of sp³-hybridized carbons (Fsp3) is 1.00. The summed E-state index contributed by atoms with van der Waals surface area (Å²) in [5, 5.41) is 0. The summed E-state index contributed by atoms with van der Waals surface area (Å²) in [6, 6.07) is 0.513. The largest absolute Gasteiger partial charge is 0.306 e. The highest BCUT2D eigenvalue weighted by Gasteiger charge is 2.28. The second-order valence-electron chi connectivity index (χ2n) is 4.45. The van der Waals surface area contributed by atoms with Crippen molar-refractivity contribution in [2.24, 2.45) is 0 Å². The van der Waals surface area contributed by atoms with Gasteiger partial charge < -0.3 is 4.90 Å². The Morgan fingerprint density at radius 1 is 1.31 bits per heavy atom. The highest BCUT2D eigenvalue weighted by molar-refractivity contribution is 7.89. The lowest BCUT2D eigenvalue weighted by Gasteiger charge is -2.34. The first-order valence-corrected chi connectivity index (χ1v) is 7.82. The van der Waals surface area contributed by atoms with Gasteiger partial charge in [0.15, 0.2) is 0 Å². The number of alkyl halides is 1. The topological polar surface area (TPSA) is 40.6 Å². The molecule has 1 aliphatic heterocycles. The molecule has 0 bridgehead atoms. The van der Waals surface area contributed by atoms with Crippen LogP contribution in [-0.4, -0.2) is 62.5 Å². The third-order valence-corrected chi connectivity index (χ3v) is 5.31. The van der Waals surface area contributed by atoms with Gasteiger partial charge in [-0.3, -0.25) is 0 Å². The van der Waals surface area contributed by atoms with Crippen LogP contribution >= 0.6 is 11.6 Å². The number of hydrogen-bond donors (Lipinski definition) is 0. The summed E-state index contributed by atoms with van der Waals surface area (Å²) in [5.41, 5.74) is 0. The Bertz CT molecular complexity index is 298. The second kappa shape index (κ2) is 6.19. The SMILES string of the molecule is CN(C)C1CCN(S(=O)(=O)CCCCl)CC1. The number of rotatable bonds is 5. The van der Waals surface area contributed by atoms with Gasteiger partial charge in [0.25, 0.3) is 0 Å². The predicted octanol–water partition coefficient (Wildman–Crippen LogP) is 0.971.